The van der Waals surface area contributed by atoms with Gasteiger partial charge < -0.3 is 10.1 Å². The summed E-state index contributed by atoms with van der Waals surface area (Å²) < 4.78 is 6.90. The molecule has 8 heteroatoms. The Morgan fingerprint density at radius 3 is 2.77 bits per heavy atom. The van der Waals surface area contributed by atoms with Crippen LogP contribution in [0.25, 0.3) is 5.69 Å². The Morgan fingerprint density at radius 2 is 2.03 bits per heavy atom. The zero-order valence-corrected chi connectivity index (χ0v) is 18.3. The number of nitrogens with one attached hydrogen (secondary N) is 1. The first-order chi connectivity index (χ1) is 15.1. The Balaban J connectivity index is 1.51. The van der Waals surface area contributed by atoms with E-state index in [4.69, 9.17) is 16.3 Å². The van der Waals surface area contributed by atoms with E-state index in [2.05, 4.69) is 32.4 Å². The van der Waals surface area contributed by atoms with Crippen molar-refractivity contribution in [1.82, 2.24) is 19.7 Å². The molecule has 0 unspecified atom stereocenters. The Bertz CT molecular complexity index is 1010. The van der Waals surface area contributed by atoms with Gasteiger partial charge in [0, 0.05) is 11.1 Å². The maximum Gasteiger partial charge on any atom is 0.238 e. The number of carbonyl (C=O) groups is 1. The molecule has 2 aromatic carbocycles. The van der Waals surface area contributed by atoms with Crippen LogP contribution < -0.4 is 10.1 Å². The van der Waals surface area contributed by atoms with Crippen LogP contribution in [0, 0.1) is 0 Å². The van der Waals surface area contributed by atoms with Crippen molar-refractivity contribution in [1.29, 1.82) is 0 Å². The third-order valence-electron chi connectivity index (χ3n) is 5.61. The van der Waals surface area contributed by atoms with E-state index in [1.54, 1.807) is 30.3 Å². The van der Waals surface area contributed by atoms with Gasteiger partial charge >= 0.3 is 0 Å². The first kappa shape index (κ1) is 21.3. The second-order valence-electron chi connectivity index (χ2n) is 7.66. The molecule has 1 fully saturated rings. The molecule has 4 rings (SSSR count). The summed E-state index contributed by atoms with van der Waals surface area (Å²) in [5.74, 6) is 0.757. The number of rotatable bonds is 6. The topological polar surface area (TPSA) is 72.3 Å². The molecule has 1 N–H and O–H groups in total. The Morgan fingerprint density at radius 1 is 1.19 bits per heavy atom. The summed E-state index contributed by atoms with van der Waals surface area (Å²) in [7, 11) is 1.67. The molecule has 31 heavy (non-hydrogen) atoms. The lowest BCUT2D eigenvalue weighted by atomic mass is 10.0. The summed E-state index contributed by atoms with van der Waals surface area (Å²) in [6.07, 6.45) is 7.49. The summed E-state index contributed by atoms with van der Waals surface area (Å²) in [6, 6.07) is 13.7. The molecule has 2 heterocycles. The third kappa shape index (κ3) is 5.24. The van der Waals surface area contributed by atoms with Crippen molar-refractivity contribution in [3.8, 4) is 11.4 Å². The lowest BCUT2D eigenvalue weighted by Crippen LogP contribution is -2.36. The highest BCUT2D eigenvalue weighted by atomic mass is 35.5. The number of likely N-dealkylation sites (tertiary alicyclic amines) is 1. The highest BCUT2D eigenvalue weighted by molar-refractivity contribution is 6.31. The van der Waals surface area contributed by atoms with Crippen molar-refractivity contribution >= 4 is 23.2 Å². The average molecular weight is 440 g/mol. The molecule has 1 aromatic heterocycles. The summed E-state index contributed by atoms with van der Waals surface area (Å²) >= 11 is 6.19. The largest absolute Gasteiger partial charge is 0.497 e. The number of methoxy groups -OCH3 is 1. The molecule has 0 bridgehead atoms. The van der Waals surface area contributed by atoms with Gasteiger partial charge in [0.05, 0.1) is 25.0 Å². The predicted octanol–water partition coefficient (Wildman–Crippen LogP) is 4.49. The normalized spacial score (nSPS) is 17.2. The smallest absolute Gasteiger partial charge is 0.238 e. The third-order valence-corrected chi connectivity index (χ3v) is 5.84. The number of ether oxygens (including phenoxy) is 1. The monoisotopic (exact) mass is 439 g/mol. The predicted molar refractivity (Wildman–Crippen MR) is 121 cm³/mol. The minimum absolute atomic E-state index is 0.0796. The molecule has 0 radical (unpaired) electrons. The Labute approximate surface area is 187 Å². The quantitative estimate of drug-likeness (QED) is 0.612. The number of hydrogen-bond acceptors (Lipinski definition) is 5. The highest BCUT2D eigenvalue weighted by Crippen LogP contribution is 2.31. The van der Waals surface area contributed by atoms with Crippen molar-refractivity contribution in [2.75, 3.05) is 25.5 Å². The molecule has 1 saturated heterocycles. The molecule has 1 aliphatic rings. The van der Waals surface area contributed by atoms with Crippen LogP contribution >= 0.6 is 11.6 Å². The van der Waals surface area contributed by atoms with Gasteiger partial charge in [-0.3, -0.25) is 9.69 Å². The van der Waals surface area contributed by atoms with Gasteiger partial charge in [0.25, 0.3) is 0 Å². The SMILES string of the molecule is COc1ccc([C@H]2CCCCCN2CC(=O)Nc2cc(Cl)ccc2-n2cncn2)cc1. The minimum Gasteiger partial charge on any atom is -0.497 e. The highest BCUT2D eigenvalue weighted by Gasteiger charge is 2.25. The molecule has 7 nitrogen and oxygen atoms in total. The fourth-order valence-corrected chi connectivity index (χ4v) is 4.25. The van der Waals surface area contributed by atoms with Gasteiger partial charge in [-0.25, -0.2) is 9.67 Å². The summed E-state index contributed by atoms with van der Waals surface area (Å²) in [6.45, 7) is 1.19. The van der Waals surface area contributed by atoms with Crippen molar-refractivity contribution in [3.05, 3.63) is 65.7 Å². The van der Waals surface area contributed by atoms with E-state index < -0.39 is 0 Å². The summed E-state index contributed by atoms with van der Waals surface area (Å²) in [5, 5.41) is 7.74. The number of hydrogen-bond donors (Lipinski definition) is 1. The van der Waals surface area contributed by atoms with E-state index in [1.807, 2.05) is 18.2 Å². The fourth-order valence-electron chi connectivity index (χ4n) is 4.08. The van der Waals surface area contributed by atoms with Crippen LogP contribution in [0.3, 0.4) is 0 Å². The minimum atomic E-state index is -0.0796. The molecule has 0 aliphatic carbocycles. The van der Waals surface area contributed by atoms with Crippen LogP contribution in [-0.2, 0) is 4.79 Å². The van der Waals surface area contributed by atoms with Crippen LogP contribution in [0.5, 0.6) is 5.75 Å². The van der Waals surface area contributed by atoms with Crippen LogP contribution in [-0.4, -0.2) is 45.8 Å². The van der Waals surface area contributed by atoms with E-state index in [0.29, 0.717) is 17.3 Å². The molecule has 0 spiro atoms. The molecule has 0 saturated carbocycles. The average Bonchev–Trinajstić information content (AvgIpc) is 3.21. The number of carbonyl (C=O) groups excluding carboxylic acids is 1. The van der Waals surface area contributed by atoms with Crippen LogP contribution in [0.4, 0.5) is 5.69 Å². The Kier molecular flexibility index (Phi) is 6.84. The second-order valence-corrected chi connectivity index (χ2v) is 8.09. The van der Waals surface area contributed by atoms with Crippen molar-refractivity contribution in [2.45, 2.75) is 31.7 Å². The van der Waals surface area contributed by atoms with Gasteiger partial charge in [-0.1, -0.05) is 36.6 Å². The van der Waals surface area contributed by atoms with Gasteiger partial charge in [0.15, 0.2) is 0 Å². The lowest BCUT2D eigenvalue weighted by Gasteiger charge is -2.30. The number of anilines is 1. The second kappa shape index (κ2) is 9.94. The van der Waals surface area contributed by atoms with E-state index in [-0.39, 0.29) is 11.9 Å². The van der Waals surface area contributed by atoms with Crippen LogP contribution in [0.2, 0.25) is 5.02 Å². The maximum atomic E-state index is 13.0. The van der Waals surface area contributed by atoms with E-state index in [9.17, 15) is 4.79 Å². The maximum absolute atomic E-state index is 13.0. The van der Waals surface area contributed by atoms with Gasteiger partial charge in [0.1, 0.15) is 18.4 Å². The van der Waals surface area contributed by atoms with Gasteiger partial charge in [-0.15, -0.1) is 0 Å². The van der Waals surface area contributed by atoms with Gasteiger partial charge in [0.2, 0.25) is 5.91 Å². The molecule has 1 aliphatic heterocycles. The van der Waals surface area contributed by atoms with Crippen molar-refractivity contribution in [3.63, 3.8) is 0 Å². The summed E-state index contributed by atoms with van der Waals surface area (Å²) in [4.78, 5) is 19.3. The van der Waals surface area contributed by atoms with E-state index >= 15 is 0 Å². The van der Waals surface area contributed by atoms with Crippen molar-refractivity contribution in [2.24, 2.45) is 0 Å². The van der Waals surface area contributed by atoms with Gasteiger partial charge in [-0.2, -0.15) is 5.10 Å². The first-order valence-electron chi connectivity index (χ1n) is 10.5. The fraction of sp³-hybridized carbons (Fsp3) is 0.348. The number of nitrogens with zero attached hydrogens (tertiary/aromatic N) is 4. The zero-order valence-electron chi connectivity index (χ0n) is 17.5. The standard InChI is InChI=1S/C23H26ClN5O2/c1-31-19-9-6-17(7-10-19)21-5-3-2-4-12-28(21)14-23(30)27-20-13-18(24)8-11-22(20)29-16-25-15-26-29/h6-11,13,15-16,21H,2-5,12,14H2,1H3,(H,27,30)/t21-/m1/s1. The molecule has 162 valence electrons. The lowest BCUT2D eigenvalue weighted by molar-refractivity contribution is -0.117. The zero-order chi connectivity index (χ0) is 21.6. The number of benzene rings is 2. The number of halogens is 1. The van der Waals surface area contributed by atoms with Crippen molar-refractivity contribution < 1.29 is 9.53 Å². The molecule has 1 amide bonds. The first-order valence-corrected chi connectivity index (χ1v) is 10.8. The number of amides is 1. The van der Waals surface area contributed by atoms with Crippen LogP contribution in [0.15, 0.2) is 55.1 Å². The molecule has 1 atom stereocenters. The van der Waals surface area contributed by atoms with E-state index in [0.717, 1.165) is 37.2 Å². The number of aromatic nitrogens is 3. The van der Waals surface area contributed by atoms with Crippen LogP contribution in [0.1, 0.15) is 37.3 Å². The summed E-state index contributed by atoms with van der Waals surface area (Å²) in [5.41, 5.74) is 2.54. The molecular weight excluding hydrogens is 414 g/mol. The van der Waals surface area contributed by atoms with Gasteiger partial charge in [-0.05, 0) is 55.3 Å². The molecule has 3 aromatic rings. The molecular formula is C23H26ClN5O2. The van der Waals surface area contributed by atoms with E-state index in [1.165, 1.54) is 18.3 Å². The Hall–Kier alpha value is -2.90.